The molecule has 1 N–H and O–H groups in total. The fraction of sp³-hybridized carbons (Fsp3) is 0.500. The van der Waals surface area contributed by atoms with Crippen LogP contribution in [0.15, 0.2) is 29.2 Å². The van der Waals surface area contributed by atoms with Gasteiger partial charge in [0.1, 0.15) is 9.84 Å². The van der Waals surface area contributed by atoms with E-state index in [2.05, 4.69) is 5.32 Å². The Hall–Kier alpha value is -1.45. The Morgan fingerprint density at radius 3 is 2.00 bits per heavy atom. The summed E-state index contributed by atoms with van der Waals surface area (Å²) in [5.41, 5.74) is 0.275. The van der Waals surface area contributed by atoms with Crippen LogP contribution in [-0.2, 0) is 19.9 Å². The van der Waals surface area contributed by atoms with Crippen LogP contribution in [0.5, 0.6) is 0 Å². The predicted molar refractivity (Wildman–Crippen MR) is 88.6 cm³/mol. The molecule has 7 nitrogen and oxygen atoms in total. The summed E-state index contributed by atoms with van der Waals surface area (Å²) in [6.45, 7) is 4.26. The van der Waals surface area contributed by atoms with E-state index < -0.39 is 25.8 Å². The van der Waals surface area contributed by atoms with Gasteiger partial charge in [-0.25, -0.2) is 16.8 Å². The number of amides is 1. The smallest absolute Gasteiger partial charge is 0.251 e. The molecule has 0 bridgehead atoms. The van der Waals surface area contributed by atoms with Gasteiger partial charge in [0.05, 0.1) is 10.6 Å². The summed E-state index contributed by atoms with van der Waals surface area (Å²) in [6, 6.07) is 5.57. The van der Waals surface area contributed by atoms with Crippen molar-refractivity contribution in [3.63, 3.8) is 0 Å². The van der Waals surface area contributed by atoms with Gasteiger partial charge < -0.3 is 5.32 Å². The first-order chi connectivity index (χ1) is 10.6. The average Bonchev–Trinajstić information content (AvgIpc) is 2.47. The molecule has 0 saturated carbocycles. The van der Waals surface area contributed by atoms with Crippen molar-refractivity contribution in [3.05, 3.63) is 29.8 Å². The molecule has 0 aliphatic rings. The highest BCUT2D eigenvalue weighted by molar-refractivity contribution is 7.90. The van der Waals surface area contributed by atoms with Gasteiger partial charge in [-0.2, -0.15) is 4.31 Å². The fourth-order valence-corrected chi connectivity index (χ4v) is 3.87. The summed E-state index contributed by atoms with van der Waals surface area (Å²) in [4.78, 5) is 12.0. The molecule has 0 heterocycles. The van der Waals surface area contributed by atoms with Gasteiger partial charge in [0, 0.05) is 31.5 Å². The Balaban J connectivity index is 2.82. The molecule has 1 amide bonds. The Morgan fingerprint density at radius 2 is 1.57 bits per heavy atom. The Morgan fingerprint density at radius 1 is 1.04 bits per heavy atom. The van der Waals surface area contributed by atoms with E-state index in [0.29, 0.717) is 13.1 Å². The molecule has 0 aliphatic heterocycles. The van der Waals surface area contributed by atoms with Crippen molar-refractivity contribution in [1.82, 2.24) is 9.62 Å². The number of nitrogens with one attached hydrogen (secondary N) is 1. The summed E-state index contributed by atoms with van der Waals surface area (Å²) < 4.78 is 48.0. The van der Waals surface area contributed by atoms with Crippen LogP contribution < -0.4 is 5.32 Å². The number of sulfone groups is 1. The Bertz CT molecular complexity index is 736. The van der Waals surface area contributed by atoms with Crippen molar-refractivity contribution in [2.75, 3.05) is 31.6 Å². The second kappa shape index (κ2) is 7.89. The van der Waals surface area contributed by atoms with E-state index in [1.807, 2.05) is 0 Å². The van der Waals surface area contributed by atoms with Crippen LogP contribution >= 0.6 is 0 Å². The molecule has 1 aromatic rings. The molecule has 0 unspecified atom stereocenters. The predicted octanol–water partition coefficient (Wildman–Crippen LogP) is 0.492. The lowest BCUT2D eigenvalue weighted by molar-refractivity contribution is 0.0956. The molecule has 130 valence electrons. The summed E-state index contributed by atoms with van der Waals surface area (Å²) in [6.07, 6.45) is 1.09. The van der Waals surface area contributed by atoms with E-state index in [1.165, 1.54) is 28.6 Å². The summed E-state index contributed by atoms with van der Waals surface area (Å²) in [5.74, 6) is -0.590. The monoisotopic (exact) mass is 362 g/mol. The number of rotatable bonds is 8. The molecule has 23 heavy (non-hydrogen) atoms. The maximum atomic E-state index is 12.3. The average molecular weight is 362 g/mol. The third-order valence-corrected chi connectivity index (χ3v) is 6.23. The van der Waals surface area contributed by atoms with Gasteiger partial charge in [-0.1, -0.05) is 13.8 Å². The number of hydrogen-bond donors (Lipinski definition) is 1. The van der Waals surface area contributed by atoms with Crippen molar-refractivity contribution in [1.29, 1.82) is 0 Å². The number of carbonyl (C=O) groups excluding carboxylic acids is 1. The molecule has 0 atom stereocenters. The molecule has 0 saturated heterocycles. The van der Waals surface area contributed by atoms with Crippen LogP contribution in [0.1, 0.15) is 24.2 Å². The van der Waals surface area contributed by atoms with E-state index in [-0.39, 0.29) is 22.8 Å². The third kappa shape index (κ3) is 5.60. The number of carbonyl (C=O) groups is 1. The van der Waals surface area contributed by atoms with Crippen LogP contribution in [0, 0.1) is 0 Å². The molecule has 9 heteroatoms. The maximum Gasteiger partial charge on any atom is 0.251 e. The van der Waals surface area contributed by atoms with Gasteiger partial charge in [-0.3, -0.25) is 4.79 Å². The lowest BCUT2D eigenvalue weighted by atomic mass is 10.2. The highest BCUT2D eigenvalue weighted by atomic mass is 32.2. The van der Waals surface area contributed by atoms with Crippen LogP contribution in [0.4, 0.5) is 0 Å². The van der Waals surface area contributed by atoms with Crippen molar-refractivity contribution >= 4 is 25.8 Å². The minimum Gasteiger partial charge on any atom is -0.351 e. The number of benzene rings is 1. The van der Waals surface area contributed by atoms with Crippen molar-refractivity contribution in [3.8, 4) is 0 Å². The minimum absolute atomic E-state index is 0.0111. The molecular weight excluding hydrogens is 340 g/mol. The normalized spacial score (nSPS) is 12.3. The summed E-state index contributed by atoms with van der Waals surface area (Å²) in [7, 11) is -6.70. The SMILES string of the molecule is CCN(CC)S(=O)(=O)c1ccc(C(=O)NCCS(C)(=O)=O)cc1. The van der Waals surface area contributed by atoms with Crippen LogP contribution in [-0.4, -0.2) is 58.7 Å². The highest BCUT2D eigenvalue weighted by Crippen LogP contribution is 2.16. The number of hydrogen-bond acceptors (Lipinski definition) is 5. The van der Waals surface area contributed by atoms with Crippen molar-refractivity contribution in [2.45, 2.75) is 18.7 Å². The molecular formula is C14H22N2O5S2. The third-order valence-electron chi connectivity index (χ3n) is 3.22. The standard InChI is InChI=1S/C14H22N2O5S2/c1-4-16(5-2)23(20,21)13-8-6-12(7-9-13)14(17)15-10-11-22(3,18)19/h6-9H,4-5,10-11H2,1-3H3,(H,15,17). The van der Waals surface area contributed by atoms with Gasteiger partial charge in [0.2, 0.25) is 10.0 Å². The first-order valence-corrected chi connectivity index (χ1v) is 10.7. The van der Waals surface area contributed by atoms with Gasteiger partial charge >= 0.3 is 0 Å². The quantitative estimate of drug-likeness (QED) is 0.725. The zero-order valence-electron chi connectivity index (χ0n) is 13.4. The second-order valence-electron chi connectivity index (χ2n) is 5.00. The van der Waals surface area contributed by atoms with E-state index in [1.54, 1.807) is 13.8 Å². The van der Waals surface area contributed by atoms with E-state index in [9.17, 15) is 21.6 Å². The fourth-order valence-electron chi connectivity index (χ4n) is 1.94. The second-order valence-corrected chi connectivity index (χ2v) is 9.20. The zero-order valence-corrected chi connectivity index (χ0v) is 15.1. The topological polar surface area (TPSA) is 101 Å². The van der Waals surface area contributed by atoms with E-state index in [4.69, 9.17) is 0 Å². The van der Waals surface area contributed by atoms with E-state index in [0.717, 1.165) is 6.26 Å². The lowest BCUT2D eigenvalue weighted by Gasteiger charge is -2.18. The molecule has 1 aromatic carbocycles. The van der Waals surface area contributed by atoms with Gasteiger partial charge in [-0.05, 0) is 24.3 Å². The Kier molecular flexibility index (Phi) is 6.72. The largest absolute Gasteiger partial charge is 0.351 e. The zero-order chi connectivity index (χ0) is 17.7. The number of sulfonamides is 1. The van der Waals surface area contributed by atoms with Gasteiger partial charge in [-0.15, -0.1) is 0 Å². The first kappa shape index (κ1) is 19.6. The van der Waals surface area contributed by atoms with E-state index >= 15 is 0 Å². The van der Waals surface area contributed by atoms with Crippen molar-refractivity contribution in [2.24, 2.45) is 0 Å². The molecule has 0 fully saturated rings. The first-order valence-electron chi connectivity index (χ1n) is 7.18. The molecule has 0 aromatic heterocycles. The van der Waals surface area contributed by atoms with Gasteiger partial charge in [0.25, 0.3) is 5.91 Å². The lowest BCUT2D eigenvalue weighted by Crippen LogP contribution is -2.31. The van der Waals surface area contributed by atoms with Gasteiger partial charge in [0.15, 0.2) is 0 Å². The molecule has 0 spiro atoms. The molecule has 0 aliphatic carbocycles. The number of nitrogens with zero attached hydrogens (tertiary/aromatic N) is 1. The maximum absolute atomic E-state index is 12.3. The molecule has 1 rings (SSSR count). The summed E-state index contributed by atoms with van der Waals surface area (Å²) in [5, 5.41) is 2.48. The molecule has 0 radical (unpaired) electrons. The van der Waals surface area contributed by atoms with Crippen molar-refractivity contribution < 1.29 is 21.6 Å². The van der Waals surface area contributed by atoms with Crippen LogP contribution in [0.2, 0.25) is 0 Å². The Labute approximate surface area is 137 Å². The highest BCUT2D eigenvalue weighted by Gasteiger charge is 2.21. The van der Waals surface area contributed by atoms with Crippen LogP contribution in [0.25, 0.3) is 0 Å². The van der Waals surface area contributed by atoms with Crippen LogP contribution in [0.3, 0.4) is 0 Å². The summed E-state index contributed by atoms with van der Waals surface area (Å²) >= 11 is 0. The minimum atomic E-state index is -3.56.